The highest BCUT2D eigenvalue weighted by Gasteiger charge is 2.29. The second-order valence-electron chi connectivity index (χ2n) is 3.62. The van der Waals surface area contributed by atoms with Crippen molar-refractivity contribution in [2.75, 3.05) is 18.2 Å². The van der Waals surface area contributed by atoms with E-state index in [0.29, 0.717) is 12.3 Å². The minimum Gasteiger partial charge on any atom is -0.355 e. The molecule has 2 nitrogen and oxygen atoms in total. The van der Waals surface area contributed by atoms with Crippen molar-refractivity contribution < 1.29 is 4.79 Å². The van der Waals surface area contributed by atoms with Crippen LogP contribution in [0.2, 0.25) is 0 Å². The molecule has 0 aromatic rings. The average molecular weight is 222 g/mol. The minimum atomic E-state index is 0.0729. The van der Waals surface area contributed by atoms with Crippen molar-refractivity contribution >= 4 is 29.3 Å². The van der Waals surface area contributed by atoms with Crippen LogP contribution in [-0.2, 0) is 4.79 Å². The van der Waals surface area contributed by atoms with Gasteiger partial charge in [-0.15, -0.1) is 11.6 Å². The Kier molecular flexibility index (Phi) is 4.39. The van der Waals surface area contributed by atoms with E-state index in [1.54, 1.807) is 0 Å². The maximum Gasteiger partial charge on any atom is 0.221 e. The molecule has 1 atom stereocenters. The van der Waals surface area contributed by atoms with Crippen LogP contribution in [0.4, 0.5) is 0 Å². The Balaban J connectivity index is 2.21. The van der Waals surface area contributed by atoms with Crippen molar-refractivity contribution in [3.8, 4) is 0 Å². The van der Waals surface area contributed by atoms with E-state index in [1.807, 2.05) is 11.8 Å². The summed E-state index contributed by atoms with van der Waals surface area (Å²) >= 11 is 7.42. The molecule has 4 heteroatoms. The number of carbonyl (C=O) groups excluding carboxylic acids is 1. The zero-order chi connectivity index (χ0) is 9.73. The molecule has 0 aliphatic carbocycles. The van der Waals surface area contributed by atoms with Gasteiger partial charge in [-0.2, -0.15) is 11.8 Å². The monoisotopic (exact) mass is 221 g/mol. The van der Waals surface area contributed by atoms with Gasteiger partial charge in [0.1, 0.15) is 0 Å². The van der Waals surface area contributed by atoms with Crippen molar-refractivity contribution in [3.05, 3.63) is 0 Å². The Morgan fingerprint density at radius 1 is 1.69 bits per heavy atom. The van der Waals surface area contributed by atoms with E-state index < -0.39 is 0 Å². The van der Waals surface area contributed by atoms with E-state index in [2.05, 4.69) is 12.2 Å². The molecule has 0 aromatic heterocycles. The van der Waals surface area contributed by atoms with Gasteiger partial charge in [0.05, 0.1) is 0 Å². The third kappa shape index (κ3) is 3.77. The van der Waals surface area contributed by atoms with E-state index >= 15 is 0 Å². The smallest absolute Gasteiger partial charge is 0.221 e. The third-order valence-corrected chi connectivity index (χ3v) is 4.01. The minimum absolute atomic E-state index is 0.0729. The lowest BCUT2D eigenvalue weighted by atomic mass is 10.1. The van der Waals surface area contributed by atoms with Crippen LogP contribution < -0.4 is 5.32 Å². The van der Waals surface area contributed by atoms with Crippen molar-refractivity contribution in [2.24, 2.45) is 0 Å². The zero-order valence-corrected chi connectivity index (χ0v) is 9.51. The molecule has 0 bridgehead atoms. The molecular weight excluding hydrogens is 206 g/mol. The van der Waals surface area contributed by atoms with Gasteiger partial charge in [0.25, 0.3) is 0 Å². The van der Waals surface area contributed by atoms with Crippen molar-refractivity contribution in [1.29, 1.82) is 0 Å². The molecule has 0 saturated carbocycles. The van der Waals surface area contributed by atoms with Crippen LogP contribution in [0.15, 0.2) is 0 Å². The molecule has 0 aromatic carbocycles. The topological polar surface area (TPSA) is 29.1 Å². The number of hydrogen-bond donors (Lipinski definition) is 1. The van der Waals surface area contributed by atoms with Crippen LogP contribution in [0.5, 0.6) is 0 Å². The van der Waals surface area contributed by atoms with E-state index in [4.69, 9.17) is 11.6 Å². The SMILES string of the molecule is CC1(CNC(=O)CCCl)CCCS1. The first-order chi connectivity index (χ1) is 6.16. The average Bonchev–Trinajstić information content (AvgIpc) is 2.51. The number of hydrogen-bond acceptors (Lipinski definition) is 2. The second-order valence-corrected chi connectivity index (χ2v) is 5.68. The van der Waals surface area contributed by atoms with E-state index in [0.717, 1.165) is 6.54 Å². The maximum absolute atomic E-state index is 11.1. The highest BCUT2D eigenvalue weighted by atomic mass is 35.5. The fraction of sp³-hybridized carbons (Fsp3) is 0.889. The predicted molar refractivity (Wildman–Crippen MR) is 58.4 cm³/mol. The Labute approximate surface area is 88.8 Å². The van der Waals surface area contributed by atoms with Gasteiger partial charge < -0.3 is 5.32 Å². The van der Waals surface area contributed by atoms with Crippen LogP contribution in [0.3, 0.4) is 0 Å². The molecule has 1 unspecified atom stereocenters. The number of nitrogens with one attached hydrogen (secondary N) is 1. The van der Waals surface area contributed by atoms with Crippen LogP contribution in [0, 0.1) is 0 Å². The van der Waals surface area contributed by atoms with E-state index in [9.17, 15) is 4.79 Å². The molecular formula is C9H16ClNOS. The molecule has 1 heterocycles. The first kappa shape index (κ1) is 11.2. The summed E-state index contributed by atoms with van der Waals surface area (Å²) in [6.45, 7) is 3.00. The summed E-state index contributed by atoms with van der Waals surface area (Å²) < 4.78 is 0.266. The summed E-state index contributed by atoms with van der Waals surface area (Å²) in [6.07, 6.45) is 2.91. The molecule has 1 rings (SSSR count). The quantitative estimate of drug-likeness (QED) is 0.736. The van der Waals surface area contributed by atoms with Crippen molar-refractivity contribution in [2.45, 2.75) is 30.9 Å². The molecule has 1 fully saturated rings. The van der Waals surface area contributed by atoms with E-state index in [1.165, 1.54) is 18.6 Å². The van der Waals surface area contributed by atoms with Gasteiger partial charge in [0.2, 0.25) is 5.91 Å². The highest BCUT2D eigenvalue weighted by Crippen LogP contribution is 2.36. The Bertz CT molecular complexity index is 180. The van der Waals surface area contributed by atoms with Gasteiger partial charge in [-0.25, -0.2) is 0 Å². The first-order valence-corrected chi connectivity index (χ1v) is 6.15. The fourth-order valence-corrected chi connectivity index (χ4v) is 2.85. The number of alkyl halides is 1. The number of carbonyl (C=O) groups is 1. The standard InChI is InChI=1S/C9H16ClNOS/c1-9(4-2-6-13-9)7-11-8(12)3-5-10/h2-7H2,1H3,(H,11,12). The molecule has 1 amide bonds. The number of halogens is 1. The fourth-order valence-electron chi connectivity index (χ4n) is 1.44. The lowest BCUT2D eigenvalue weighted by Gasteiger charge is -2.22. The summed E-state index contributed by atoms with van der Waals surface area (Å²) in [5.74, 6) is 1.71. The predicted octanol–water partition coefficient (Wildman–Crippen LogP) is 2.02. The number of thioether (sulfide) groups is 1. The lowest BCUT2D eigenvalue weighted by Crippen LogP contribution is -2.36. The lowest BCUT2D eigenvalue weighted by molar-refractivity contribution is -0.120. The second kappa shape index (κ2) is 5.11. The summed E-state index contributed by atoms with van der Waals surface area (Å²) in [6, 6.07) is 0. The number of rotatable bonds is 4. The molecule has 1 aliphatic rings. The number of amides is 1. The van der Waals surface area contributed by atoms with Gasteiger partial charge in [-0.3, -0.25) is 4.79 Å². The van der Waals surface area contributed by atoms with Crippen molar-refractivity contribution in [1.82, 2.24) is 5.32 Å². The van der Waals surface area contributed by atoms with E-state index in [-0.39, 0.29) is 10.7 Å². The summed E-state index contributed by atoms with van der Waals surface area (Å²) in [7, 11) is 0. The van der Waals surface area contributed by atoms with Gasteiger partial charge >= 0.3 is 0 Å². The Hall–Kier alpha value is 0.110. The molecule has 76 valence electrons. The Morgan fingerprint density at radius 2 is 2.46 bits per heavy atom. The van der Waals surface area contributed by atoms with Gasteiger partial charge in [-0.05, 0) is 25.5 Å². The third-order valence-electron chi connectivity index (χ3n) is 2.28. The molecule has 1 N–H and O–H groups in total. The summed E-state index contributed by atoms with van der Waals surface area (Å²) in [5.41, 5.74) is 0. The van der Waals surface area contributed by atoms with Crippen LogP contribution >= 0.6 is 23.4 Å². The van der Waals surface area contributed by atoms with Gasteiger partial charge in [-0.1, -0.05) is 0 Å². The molecule has 13 heavy (non-hydrogen) atoms. The zero-order valence-electron chi connectivity index (χ0n) is 7.94. The molecule has 1 saturated heterocycles. The largest absolute Gasteiger partial charge is 0.355 e. The maximum atomic E-state index is 11.1. The summed E-state index contributed by atoms with van der Waals surface area (Å²) in [5, 5.41) is 2.92. The van der Waals surface area contributed by atoms with Crippen LogP contribution in [-0.4, -0.2) is 28.8 Å². The van der Waals surface area contributed by atoms with Crippen LogP contribution in [0.1, 0.15) is 26.2 Å². The Morgan fingerprint density at radius 3 is 3.00 bits per heavy atom. The highest BCUT2D eigenvalue weighted by molar-refractivity contribution is 8.00. The summed E-state index contributed by atoms with van der Waals surface area (Å²) in [4.78, 5) is 11.1. The van der Waals surface area contributed by atoms with Gasteiger partial charge in [0.15, 0.2) is 0 Å². The molecule has 0 radical (unpaired) electrons. The van der Waals surface area contributed by atoms with Crippen molar-refractivity contribution in [3.63, 3.8) is 0 Å². The molecule has 0 spiro atoms. The van der Waals surface area contributed by atoms with Gasteiger partial charge in [0, 0.05) is 23.6 Å². The van der Waals surface area contributed by atoms with Crippen LogP contribution in [0.25, 0.3) is 0 Å². The first-order valence-electron chi connectivity index (χ1n) is 4.63. The molecule has 1 aliphatic heterocycles. The normalized spacial score (nSPS) is 27.5.